The number of carbonyl (C=O) groups is 1. The average Bonchev–Trinajstić information content (AvgIpc) is 3.28. The number of H-pyrrole nitrogens is 1. The van der Waals surface area contributed by atoms with Crippen LogP contribution in [0.25, 0.3) is 22.0 Å². The molecule has 0 spiro atoms. The van der Waals surface area contributed by atoms with Crippen molar-refractivity contribution in [1.82, 2.24) is 9.99 Å². The van der Waals surface area contributed by atoms with E-state index in [2.05, 4.69) is 11.1 Å². The quantitative estimate of drug-likeness (QED) is 0.395. The van der Waals surface area contributed by atoms with Crippen molar-refractivity contribution >= 4 is 22.5 Å². The zero-order valence-electron chi connectivity index (χ0n) is 20.5. The van der Waals surface area contributed by atoms with Gasteiger partial charge in [0.1, 0.15) is 0 Å². The topological polar surface area (TPSA) is 65.5 Å². The molecule has 1 aliphatic heterocycles. The fourth-order valence-corrected chi connectivity index (χ4v) is 4.92. The average molecular weight is 464 g/mol. The van der Waals surface area contributed by atoms with Gasteiger partial charge in [0.25, 0.3) is 5.56 Å². The first-order valence-electron chi connectivity index (χ1n) is 12.0. The van der Waals surface area contributed by atoms with E-state index >= 15 is 0 Å². The minimum absolute atomic E-state index is 0.0532. The molecule has 1 aliphatic rings. The Bertz CT molecular complexity index is 1520. The number of aromatic amines is 1. The summed E-state index contributed by atoms with van der Waals surface area (Å²) in [7, 11) is 0. The highest BCUT2D eigenvalue weighted by atomic mass is 16.2. The van der Waals surface area contributed by atoms with Crippen molar-refractivity contribution in [3.63, 3.8) is 0 Å². The molecular weight excluding hydrogens is 434 g/mol. The van der Waals surface area contributed by atoms with Gasteiger partial charge in [-0.3, -0.25) is 9.59 Å². The molecule has 4 aromatic rings. The van der Waals surface area contributed by atoms with Gasteiger partial charge in [-0.25, -0.2) is 5.01 Å². The van der Waals surface area contributed by atoms with Crippen molar-refractivity contribution in [2.24, 2.45) is 11.0 Å². The van der Waals surface area contributed by atoms with E-state index in [9.17, 15) is 9.59 Å². The van der Waals surface area contributed by atoms with E-state index in [4.69, 9.17) is 5.10 Å². The second kappa shape index (κ2) is 8.99. The molecule has 1 N–H and O–H groups in total. The van der Waals surface area contributed by atoms with Crippen molar-refractivity contribution in [3.05, 3.63) is 105 Å². The third-order valence-electron chi connectivity index (χ3n) is 6.70. The zero-order valence-corrected chi connectivity index (χ0v) is 20.5. The second-order valence-electron chi connectivity index (χ2n) is 9.58. The lowest BCUT2D eigenvalue weighted by atomic mass is 9.90. The molecule has 0 aliphatic carbocycles. The number of hydrazone groups is 1. The summed E-state index contributed by atoms with van der Waals surface area (Å²) in [6.07, 6.45) is 0.476. The number of amides is 1. The molecule has 0 radical (unpaired) electrons. The number of hydrogen-bond donors (Lipinski definition) is 1. The maximum Gasteiger partial charge on any atom is 0.258 e. The van der Waals surface area contributed by atoms with E-state index in [0.717, 1.165) is 38.7 Å². The molecule has 1 amide bonds. The van der Waals surface area contributed by atoms with E-state index in [1.807, 2.05) is 94.4 Å². The van der Waals surface area contributed by atoms with E-state index in [1.54, 1.807) is 5.01 Å². The molecule has 0 fully saturated rings. The predicted molar refractivity (Wildman–Crippen MR) is 141 cm³/mol. The van der Waals surface area contributed by atoms with E-state index < -0.39 is 0 Å². The Kier molecular flexibility index (Phi) is 5.85. The standard InChI is InChI=1S/C30H29N3O2/c1-18(2)30(35)33-26(22-13-9-8-10-20(22)4)17-25(32-33)28-27(21-11-6-5-7-12-21)23-16-19(3)14-15-24(23)31-29(28)34/h5-16,18,26H,17H2,1-4H3,(H,31,34)/t26-/m0/s1. The van der Waals surface area contributed by atoms with Crippen LogP contribution in [0.15, 0.2) is 82.7 Å². The van der Waals surface area contributed by atoms with Gasteiger partial charge in [0.05, 0.1) is 17.3 Å². The van der Waals surface area contributed by atoms with Crippen LogP contribution in [0.4, 0.5) is 0 Å². The molecule has 5 rings (SSSR count). The SMILES string of the molecule is Cc1ccc2[nH]c(=O)c(C3=NN(C(=O)C(C)C)[C@H](c4ccccc4C)C3)c(-c3ccccc3)c2c1. The summed E-state index contributed by atoms with van der Waals surface area (Å²) < 4.78 is 0. The Hall–Kier alpha value is -3.99. The lowest BCUT2D eigenvalue weighted by molar-refractivity contribution is -0.136. The Labute approximate surface area is 205 Å². The summed E-state index contributed by atoms with van der Waals surface area (Å²) in [4.78, 5) is 29.9. The number of benzene rings is 3. The number of hydrogen-bond acceptors (Lipinski definition) is 3. The minimum Gasteiger partial charge on any atom is -0.321 e. The van der Waals surface area contributed by atoms with Crippen molar-refractivity contribution in [1.29, 1.82) is 0 Å². The number of aromatic nitrogens is 1. The van der Waals surface area contributed by atoms with E-state index in [0.29, 0.717) is 17.7 Å². The molecule has 0 bridgehead atoms. The molecule has 1 aromatic heterocycles. The Morgan fingerprint density at radius 3 is 2.40 bits per heavy atom. The smallest absolute Gasteiger partial charge is 0.258 e. The fraction of sp³-hybridized carbons (Fsp3) is 0.233. The van der Waals surface area contributed by atoms with Gasteiger partial charge in [0.2, 0.25) is 5.91 Å². The summed E-state index contributed by atoms with van der Waals surface area (Å²) in [6, 6.07) is 23.8. The molecule has 0 saturated carbocycles. The van der Waals surface area contributed by atoms with Gasteiger partial charge in [0, 0.05) is 28.8 Å². The number of rotatable bonds is 4. The van der Waals surface area contributed by atoms with Crippen LogP contribution in [0.5, 0.6) is 0 Å². The predicted octanol–water partition coefficient (Wildman–Crippen LogP) is 6.15. The summed E-state index contributed by atoms with van der Waals surface area (Å²) in [5.74, 6) is -0.265. The molecule has 2 heterocycles. The molecular formula is C30H29N3O2. The largest absolute Gasteiger partial charge is 0.321 e. The van der Waals surface area contributed by atoms with Crippen molar-refractivity contribution in [2.75, 3.05) is 0 Å². The third-order valence-corrected chi connectivity index (χ3v) is 6.70. The van der Waals surface area contributed by atoms with E-state index in [1.165, 1.54) is 0 Å². The monoisotopic (exact) mass is 463 g/mol. The van der Waals surface area contributed by atoms with Crippen LogP contribution < -0.4 is 5.56 Å². The van der Waals surface area contributed by atoms with Crippen LogP contribution in [0.1, 0.15) is 48.6 Å². The van der Waals surface area contributed by atoms with Crippen LogP contribution in [-0.2, 0) is 4.79 Å². The van der Waals surface area contributed by atoms with Gasteiger partial charge in [-0.05, 0) is 42.7 Å². The zero-order chi connectivity index (χ0) is 24.7. The van der Waals surface area contributed by atoms with Gasteiger partial charge in [-0.15, -0.1) is 0 Å². The van der Waals surface area contributed by atoms with Gasteiger partial charge < -0.3 is 4.98 Å². The highest BCUT2D eigenvalue weighted by Crippen LogP contribution is 2.38. The summed E-state index contributed by atoms with van der Waals surface area (Å²) in [5.41, 5.74) is 6.82. The molecule has 5 nitrogen and oxygen atoms in total. The lowest BCUT2D eigenvalue weighted by Gasteiger charge is -2.24. The lowest BCUT2D eigenvalue weighted by Crippen LogP contribution is -2.30. The minimum atomic E-state index is -0.252. The van der Waals surface area contributed by atoms with Crippen LogP contribution >= 0.6 is 0 Å². The first kappa shape index (κ1) is 22.8. The first-order valence-corrected chi connectivity index (χ1v) is 12.0. The normalized spacial score (nSPS) is 15.6. The number of nitrogens with zero attached hydrogens (tertiary/aromatic N) is 2. The molecule has 1 atom stereocenters. The highest BCUT2D eigenvalue weighted by Gasteiger charge is 2.36. The molecule has 3 aromatic carbocycles. The molecule has 35 heavy (non-hydrogen) atoms. The first-order chi connectivity index (χ1) is 16.8. The Morgan fingerprint density at radius 2 is 1.69 bits per heavy atom. The van der Waals surface area contributed by atoms with Crippen LogP contribution in [0.3, 0.4) is 0 Å². The number of aryl methyl sites for hydroxylation is 2. The van der Waals surface area contributed by atoms with Crippen molar-refractivity contribution in [3.8, 4) is 11.1 Å². The number of pyridine rings is 1. The number of nitrogens with one attached hydrogen (secondary N) is 1. The maximum atomic E-state index is 13.6. The second-order valence-corrected chi connectivity index (χ2v) is 9.58. The summed E-state index contributed by atoms with van der Waals surface area (Å²) in [5, 5.41) is 7.40. The van der Waals surface area contributed by atoms with Crippen LogP contribution in [0.2, 0.25) is 0 Å². The Morgan fingerprint density at radius 1 is 0.971 bits per heavy atom. The van der Waals surface area contributed by atoms with Crippen LogP contribution in [-0.4, -0.2) is 21.6 Å². The molecule has 176 valence electrons. The molecule has 5 heteroatoms. The summed E-state index contributed by atoms with van der Waals surface area (Å²) >= 11 is 0. The summed E-state index contributed by atoms with van der Waals surface area (Å²) in [6.45, 7) is 7.85. The third kappa shape index (κ3) is 4.08. The van der Waals surface area contributed by atoms with Gasteiger partial charge in [0.15, 0.2) is 0 Å². The fourth-order valence-electron chi connectivity index (χ4n) is 4.92. The van der Waals surface area contributed by atoms with Gasteiger partial charge in [-0.2, -0.15) is 5.10 Å². The molecule has 0 saturated heterocycles. The van der Waals surface area contributed by atoms with Crippen LogP contribution in [0, 0.1) is 19.8 Å². The van der Waals surface area contributed by atoms with Crippen molar-refractivity contribution < 1.29 is 4.79 Å². The number of carbonyl (C=O) groups excluding carboxylic acids is 1. The Balaban J connectivity index is 1.76. The van der Waals surface area contributed by atoms with Crippen molar-refractivity contribution in [2.45, 2.75) is 40.2 Å². The highest BCUT2D eigenvalue weighted by molar-refractivity contribution is 6.13. The maximum absolute atomic E-state index is 13.6. The molecule has 0 unspecified atom stereocenters. The van der Waals surface area contributed by atoms with Gasteiger partial charge >= 0.3 is 0 Å². The van der Waals surface area contributed by atoms with Gasteiger partial charge in [-0.1, -0.05) is 80.1 Å². The number of fused-ring (bicyclic) bond motifs is 1. The van der Waals surface area contributed by atoms with E-state index in [-0.39, 0.29) is 23.4 Å².